The first-order chi connectivity index (χ1) is 15.5. The molecule has 0 radical (unpaired) electrons. The number of nitrogens with one attached hydrogen (secondary N) is 1. The number of nitrogens with zero attached hydrogens (tertiary/aromatic N) is 4. The maximum Gasteiger partial charge on any atom is 0.252 e. The zero-order chi connectivity index (χ0) is 22.2. The number of pyridine rings is 1. The normalized spacial score (nSPS) is 11.3. The number of aryl methyl sites for hydroxylation is 2. The van der Waals surface area contributed by atoms with Gasteiger partial charge >= 0.3 is 0 Å². The Bertz CT molecular complexity index is 1480. The van der Waals surface area contributed by atoms with Crippen molar-refractivity contribution in [1.29, 1.82) is 0 Å². The third-order valence-corrected chi connectivity index (χ3v) is 7.58. The Morgan fingerprint density at radius 1 is 1.16 bits per heavy atom. The first-order valence-electron chi connectivity index (χ1n) is 9.88. The van der Waals surface area contributed by atoms with Crippen LogP contribution in [0, 0.1) is 13.8 Å². The van der Waals surface area contributed by atoms with E-state index in [2.05, 4.69) is 34.1 Å². The molecule has 0 atom stereocenters. The summed E-state index contributed by atoms with van der Waals surface area (Å²) < 4.78 is 1.85. The Kier molecular flexibility index (Phi) is 5.58. The van der Waals surface area contributed by atoms with Gasteiger partial charge in [0, 0.05) is 27.6 Å². The topological polar surface area (TPSA) is 72.2 Å². The fourth-order valence-electron chi connectivity index (χ4n) is 3.44. The van der Waals surface area contributed by atoms with Crippen LogP contribution in [0.1, 0.15) is 26.5 Å². The Labute approximate surface area is 197 Å². The molecule has 0 saturated heterocycles. The van der Waals surface area contributed by atoms with Crippen LogP contribution in [-0.2, 0) is 6.54 Å². The quantitative estimate of drug-likeness (QED) is 0.328. The zero-order valence-electron chi connectivity index (χ0n) is 17.3. The van der Waals surface area contributed by atoms with Crippen molar-refractivity contribution in [3.8, 4) is 0 Å². The Morgan fingerprint density at radius 3 is 2.88 bits per heavy atom. The second-order valence-corrected chi connectivity index (χ2v) is 9.94. The molecule has 0 aliphatic rings. The lowest BCUT2D eigenvalue weighted by Gasteiger charge is -2.10. The van der Waals surface area contributed by atoms with Gasteiger partial charge in [0.05, 0.1) is 22.8 Å². The van der Waals surface area contributed by atoms with Gasteiger partial charge in [0.2, 0.25) is 0 Å². The lowest BCUT2D eigenvalue weighted by Crippen LogP contribution is -2.23. The molecule has 0 unspecified atom stereocenters. The van der Waals surface area contributed by atoms with Crippen LogP contribution >= 0.6 is 34.7 Å². The van der Waals surface area contributed by atoms with Gasteiger partial charge in [0.25, 0.3) is 5.91 Å². The van der Waals surface area contributed by atoms with Crippen molar-refractivity contribution in [2.45, 2.75) is 30.3 Å². The molecule has 6 nitrogen and oxygen atoms in total. The standard InChI is InChI=1S/C23H18ClN5OS2/c1-13-14(2)31-22-20(13)23(27-12-26-22)32-18-6-4-3-5-17(18)21(30)25-9-16-11-29-10-15(24)7-8-19(29)28-16/h3-8,10-12H,9H2,1-2H3,(H,25,30). The predicted octanol–water partition coefficient (Wildman–Crippen LogP) is 5.69. The number of carbonyl (C=O) groups excluding carboxylic acids is 1. The van der Waals surface area contributed by atoms with Crippen LogP contribution < -0.4 is 5.32 Å². The molecule has 1 amide bonds. The number of thiophene rings is 1. The zero-order valence-corrected chi connectivity index (χ0v) is 19.7. The van der Waals surface area contributed by atoms with E-state index in [1.807, 2.05) is 40.9 Å². The van der Waals surface area contributed by atoms with E-state index >= 15 is 0 Å². The fraction of sp³-hybridized carbons (Fsp3) is 0.130. The van der Waals surface area contributed by atoms with E-state index in [0.29, 0.717) is 17.1 Å². The number of aromatic nitrogens is 4. The largest absolute Gasteiger partial charge is 0.346 e. The molecule has 4 heterocycles. The number of amides is 1. The minimum atomic E-state index is -0.160. The average molecular weight is 480 g/mol. The lowest BCUT2D eigenvalue weighted by molar-refractivity contribution is 0.0947. The van der Waals surface area contributed by atoms with Crippen LogP contribution in [0.5, 0.6) is 0 Å². The second kappa shape index (κ2) is 8.54. The van der Waals surface area contributed by atoms with Crippen molar-refractivity contribution in [1.82, 2.24) is 24.7 Å². The summed E-state index contributed by atoms with van der Waals surface area (Å²) in [6.07, 6.45) is 5.23. The number of imidazole rings is 1. The third kappa shape index (κ3) is 3.97. The Hall–Kier alpha value is -2.94. The maximum absolute atomic E-state index is 13.0. The highest BCUT2D eigenvalue weighted by Crippen LogP contribution is 2.38. The van der Waals surface area contributed by atoms with E-state index in [-0.39, 0.29) is 5.91 Å². The van der Waals surface area contributed by atoms with E-state index in [1.54, 1.807) is 29.9 Å². The van der Waals surface area contributed by atoms with E-state index < -0.39 is 0 Å². The highest BCUT2D eigenvalue weighted by molar-refractivity contribution is 7.99. The fourth-order valence-corrected chi connectivity index (χ4v) is 5.75. The SMILES string of the molecule is Cc1sc2ncnc(Sc3ccccc3C(=O)NCc3cn4cc(Cl)ccc4n3)c2c1C. The number of rotatable bonds is 5. The summed E-state index contributed by atoms with van der Waals surface area (Å²) in [5, 5.41) is 5.52. The number of carbonyl (C=O) groups is 1. The van der Waals surface area contributed by atoms with Crippen molar-refractivity contribution in [2.24, 2.45) is 0 Å². The molecule has 0 saturated carbocycles. The van der Waals surface area contributed by atoms with Crippen molar-refractivity contribution in [2.75, 3.05) is 0 Å². The number of halogens is 1. The number of benzene rings is 1. The van der Waals surface area contributed by atoms with Crippen molar-refractivity contribution < 1.29 is 4.79 Å². The summed E-state index contributed by atoms with van der Waals surface area (Å²) in [5.74, 6) is -0.160. The van der Waals surface area contributed by atoms with E-state index in [9.17, 15) is 4.79 Å². The van der Waals surface area contributed by atoms with Gasteiger partial charge < -0.3 is 9.72 Å². The molecule has 32 heavy (non-hydrogen) atoms. The number of hydrogen-bond donors (Lipinski definition) is 1. The highest BCUT2D eigenvalue weighted by atomic mass is 35.5. The summed E-state index contributed by atoms with van der Waals surface area (Å²) >= 11 is 9.19. The molecule has 4 aromatic heterocycles. The van der Waals surface area contributed by atoms with Crippen molar-refractivity contribution in [3.05, 3.63) is 81.8 Å². The predicted molar refractivity (Wildman–Crippen MR) is 129 cm³/mol. The van der Waals surface area contributed by atoms with Crippen LogP contribution in [0.4, 0.5) is 0 Å². The van der Waals surface area contributed by atoms with E-state index in [4.69, 9.17) is 11.6 Å². The van der Waals surface area contributed by atoms with Gasteiger partial charge in [0.15, 0.2) is 0 Å². The number of fused-ring (bicyclic) bond motifs is 2. The second-order valence-electron chi connectivity index (χ2n) is 7.27. The monoisotopic (exact) mass is 479 g/mol. The summed E-state index contributed by atoms with van der Waals surface area (Å²) in [7, 11) is 0. The summed E-state index contributed by atoms with van der Waals surface area (Å²) in [5.41, 5.74) is 3.32. The summed E-state index contributed by atoms with van der Waals surface area (Å²) in [6.45, 7) is 4.49. The lowest BCUT2D eigenvalue weighted by atomic mass is 10.2. The molecular formula is C23H18ClN5OS2. The minimum Gasteiger partial charge on any atom is -0.346 e. The molecule has 160 valence electrons. The van der Waals surface area contributed by atoms with Gasteiger partial charge in [-0.3, -0.25) is 4.79 Å². The van der Waals surface area contributed by atoms with Gasteiger partial charge in [-0.15, -0.1) is 11.3 Å². The van der Waals surface area contributed by atoms with E-state index in [0.717, 1.165) is 31.5 Å². The van der Waals surface area contributed by atoms with E-state index in [1.165, 1.54) is 22.2 Å². The molecule has 1 N–H and O–H groups in total. The first-order valence-corrected chi connectivity index (χ1v) is 11.9. The van der Waals surface area contributed by atoms with Gasteiger partial charge in [0.1, 0.15) is 21.8 Å². The smallest absolute Gasteiger partial charge is 0.252 e. The van der Waals surface area contributed by atoms with Gasteiger partial charge in [-0.1, -0.05) is 35.5 Å². The summed E-state index contributed by atoms with van der Waals surface area (Å²) in [4.78, 5) is 29.5. The van der Waals surface area contributed by atoms with Crippen molar-refractivity contribution in [3.63, 3.8) is 0 Å². The molecule has 0 bridgehead atoms. The molecule has 0 fully saturated rings. The molecule has 5 aromatic rings. The molecule has 1 aromatic carbocycles. The summed E-state index contributed by atoms with van der Waals surface area (Å²) in [6, 6.07) is 11.2. The van der Waals surface area contributed by atoms with Crippen LogP contribution in [0.2, 0.25) is 5.02 Å². The van der Waals surface area contributed by atoms with Crippen LogP contribution in [0.3, 0.4) is 0 Å². The highest BCUT2D eigenvalue weighted by Gasteiger charge is 2.17. The van der Waals surface area contributed by atoms with Gasteiger partial charge in [-0.05, 0) is 43.7 Å². The maximum atomic E-state index is 13.0. The van der Waals surface area contributed by atoms with Crippen LogP contribution in [0.25, 0.3) is 15.9 Å². The third-order valence-electron chi connectivity index (χ3n) is 5.16. The molecule has 0 aliphatic carbocycles. The first kappa shape index (κ1) is 20.9. The molecule has 0 spiro atoms. The van der Waals surface area contributed by atoms with Crippen LogP contribution in [-0.4, -0.2) is 25.3 Å². The van der Waals surface area contributed by atoms with Crippen molar-refractivity contribution >= 4 is 56.5 Å². The average Bonchev–Trinajstić information content (AvgIpc) is 3.32. The Balaban J connectivity index is 1.39. The van der Waals surface area contributed by atoms with Crippen LogP contribution in [0.15, 0.2) is 65.0 Å². The van der Waals surface area contributed by atoms with Gasteiger partial charge in [-0.2, -0.15) is 0 Å². The van der Waals surface area contributed by atoms with Gasteiger partial charge in [-0.25, -0.2) is 15.0 Å². The molecule has 9 heteroatoms. The minimum absolute atomic E-state index is 0.160. The number of hydrogen-bond acceptors (Lipinski definition) is 6. The molecular weight excluding hydrogens is 462 g/mol. The molecule has 5 rings (SSSR count). The Morgan fingerprint density at radius 2 is 2.00 bits per heavy atom. The molecule has 0 aliphatic heterocycles.